The lowest BCUT2D eigenvalue weighted by molar-refractivity contribution is -0.138. The minimum Gasteiger partial charge on any atom is -0.481 e. The Morgan fingerprint density at radius 1 is 1.40 bits per heavy atom. The van der Waals surface area contributed by atoms with E-state index >= 15 is 0 Å². The smallest absolute Gasteiger partial charge is 0.308 e. The normalized spacial score (nSPS) is 31.1. The highest BCUT2D eigenvalue weighted by atomic mass is 16.4. The Labute approximate surface area is 91.5 Å². The van der Waals surface area contributed by atoms with Crippen LogP contribution in [0.5, 0.6) is 0 Å². The van der Waals surface area contributed by atoms with E-state index in [-0.39, 0.29) is 5.92 Å². The Bertz CT molecular complexity index is 236. The molecule has 1 N–H and O–H groups in total. The van der Waals surface area contributed by atoms with Crippen LogP contribution < -0.4 is 0 Å². The molecule has 0 aromatic heterocycles. The maximum Gasteiger partial charge on any atom is 0.308 e. The van der Waals surface area contributed by atoms with Crippen molar-refractivity contribution < 1.29 is 9.90 Å². The highest BCUT2D eigenvalue weighted by Crippen LogP contribution is 2.36. The molecule has 2 aliphatic rings. The zero-order valence-corrected chi connectivity index (χ0v) is 9.48. The van der Waals surface area contributed by atoms with Gasteiger partial charge < -0.3 is 10.0 Å². The van der Waals surface area contributed by atoms with Crippen molar-refractivity contribution in [1.82, 2.24) is 4.90 Å². The molecular weight excluding hydrogens is 190 g/mol. The van der Waals surface area contributed by atoms with Crippen LogP contribution in [0.15, 0.2) is 0 Å². The van der Waals surface area contributed by atoms with Crippen molar-refractivity contribution in [1.29, 1.82) is 0 Å². The molecule has 0 amide bonds. The Kier molecular flexibility index (Phi) is 3.29. The van der Waals surface area contributed by atoms with Crippen LogP contribution in [-0.4, -0.2) is 35.6 Å². The fourth-order valence-electron chi connectivity index (χ4n) is 2.79. The van der Waals surface area contributed by atoms with Crippen molar-refractivity contribution in [2.75, 3.05) is 13.6 Å². The van der Waals surface area contributed by atoms with Crippen LogP contribution in [0.3, 0.4) is 0 Å². The van der Waals surface area contributed by atoms with Crippen molar-refractivity contribution in [3.8, 4) is 0 Å². The molecule has 3 heteroatoms. The van der Waals surface area contributed by atoms with Crippen LogP contribution in [0.25, 0.3) is 0 Å². The lowest BCUT2D eigenvalue weighted by atomic mass is 10.0. The van der Waals surface area contributed by atoms with Crippen molar-refractivity contribution >= 4 is 5.97 Å². The van der Waals surface area contributed by atoms with Gasteiger partial charge in [-0.05, 0) is 32.4 Å². The summed E-state index contributed by atoms with van der Waals surface area (Å²) in [5, 5.41) is 8.83. The summed E-state index contributed by atoms with van der Waals surface area (Å²) in [6.45, 7) is 1.08. The molecule has 2 fully saturated rings. The van der Waals surface area contributed by atoms with Gasteiger partial charge in [-0.25, -0.2) is 0 Å². The molecule has 2 rings (SSSR count). The van der Waals surface area contributed by atoms with Gasteiger partial charge >= 0.3 is 5.97 Å². The highest BCUT2D eigenvalue weighted by Gasteiger charge is 2.45. The number of carbonyl (C=O) groups is 1. The number of aliphatic carboxylic acids is 1. The van der Waals surface area contributed by atoms with E-state index in [1.54, 1.807) is 0 Å². The van der Waals surface area contributed by atoms with Crippen LogP contribution in [0.2, 0.25) is 0 Å². The van der Waals surface area contributed by atoms with Crippen molar-refractivity contribution in [2.45, 2.75) is 44.6 Å². The predicted octanol–water partition coefficient (Wildman–Crippen LogP) is 1.97. The summed E-state index contributed by atoms with van der Waals surface area (Å²) in [6, 6.07) is 0.323. The standard InChI is InChI=1S/C12H21NO2/c1-13(11-8-10(11)12(14)15)7-6-9-4-2-3-5-9/h9-11H,2-8H2,1H3,(H,14,15). The second-order valence-corrected chi connectivity index (χ2v) is 5.17. The molecule has 2 saturated carbocycles. The summed E-state index contributed by atoms with van der Waals surface area (Å²) >= 11 is 0. The second-order valence-electron chi connectivity index (χ2n) is 5.17. The van der Waals surface area contributed by atoms with E-state index in [9.17, 15) is 4.79 Å². The van der Waals surface area contributed by atoms with Crippen LogP contribution >= 0.6 is 0 Å². The first-order valence-electron chi connectivity index (χ1n) is 6.11. The molecule has 0 saturated heterocycles. The monoisotopic (exact) mass is 211 g/mol. The molecular formula is C12H21NO2. The number of hydrogen-bond donors (Lipinski definition) is 1. The molecule has 0 spiro atoms. The lowest BCUT2D eigenvalue weighted by Crippen LogP contribution is -2.26. The maximum absolute atomic E-state index is 10.7. The molecule has 0 heterocycles. The molecule has 3 nitrogen and oxygen atoms in total. The Balaban J connectivity index is 1.65. The van der Waals surface area contributed by atoms with Gasteiger partial charge in [0.1, 0.15) is 0 Å². The van der Waals surface area contributed by atoms with Crippen LogP contribution in [0.1, 0.15) is 38.5 Å². The first-order valence-corrected chi connectivity index (χ1v) is 6.11. The van der Waals surface area contributed by atoms with Crippen molar-refractivity contribution in [2.24, 2.45) is 11.8 Å². The van der Waals surface area contributed by atoms with E-state index in [1.807, 2.05) is 0 Å². The zero-order valence-electron chi connectivity index (χ0n) is 9.48. The Morgan fingerprint density at radius 2 is 2.07 bits per heavy atom. The number of carboxylic acids is 1. The minimum atomic E-state index is -0.618. The van der Waals surface area contributed by atoms with Gasteiger partial charge in [-0.3, -0.25) is 4.79 Å². The molecule has 2 aliphatic carbocycles. The molecule has 0 aliphatic heterocycles. The average Bonchev–Trinajstić information content (AvgIpc) is 2.85. The first kappa shape index (κ1) is 10.9. The van der Waals surface area contributed by atoms with E-state index in [2.05, 4.69) is 11.9 Å². The third kappa shape index (κ3) is 2.71. The second kappa shape index (κ2) is 4.52. The quantitative estimate of drug-likeness (QED) is 0.756. The molecule has 86 valence electrons. The first-order chi connectivity index (χ1) is 7.18. The summed E-state index contributed by atoms with van der Waals surface area (Å²) in [6.07, 6.45) is 7.70. The van der Waals surface area contributed by atoms with Crippen LogP contribution in [-0.2, 0) is 4.79 Å². The van der Waals surface area contributed by atoms with E-state index in [0.717, 1.165) is 18.9 Å². The highest BCUT2D eigenvalue weighted by molar-refractivity contribution is 5.74. The molecule has 0 aromatic rings. The molecule has 2 unspecified atom stereocenters. The largest absolute Gasteiger partial charge is 0.481 e. The number of rotatable bonds is 5. The zero-order chi connectivity index (χ0) is 10.8. The van der Waals surface area contributed by atoms with Gasteiger partial charge in [-0.2, -0.15) is 0 Å². The van der Waals surface area contributed by atoms with Gasteiger partial charge in [0.05, 0.1) is 5.92 Å². The van der Waals surface area contributed by atoms with E-state index in [4.69, 9.17) is 5.11 Å². The van der Waals surface area contributed by atoms with Gasteiger partial charge in [0.15, 0.2) is 0 Å². The van der Waals surface area contributed by atoms with Crippen molar-refractivity contribution in [3.63, 3.8) is 0 Å². The fraction of sp³-hybridized carbons (Fsp3) is 0.917. The van der Waals surface area contributed by atoms with Crippen LogP contribution in [0, 0.1) is 11.8 Å². The molecule has 2 atom stereocenters. The maximum atomic E-state index is 10.7. The molecule has 0 aromatic carbocycles. The molecule has 0 radical (unpaired) electrons. The van der Waals surface area contributed by atoms with E-state index < -0.39 is 5.97 Å². The number of carboxylic acid groups (broad SMARTS) is 1. The third-order valence-electron chi connectivity index (χ3n) is 4.00. The molecule has 15 heavy (non-hydrogen) atoms. The average molecular weight is 211 g/mol. The van der Waals surface area contributed by atoms with Crippen molar-refractivity contribution in [3.05, 3.63) is 0 Å². The SMILES string of the molecule is CN(CCC1CCCC1)C1CC1C(=O)O. The minimum absolute atomic E-state index is 0.0846. The summed E-state index contributed by atoms with van der Waals surface area (Å²) < 4.78 is 0. The Morgan fingerprint density at radius 3 is 2.60 bits per heavy atom. The number of hydrogen-bond acceptors (Lipinski definition) is 2. The van der Waals surface area contributed by atoms with E-state index in [1.165, 1.54) is 32.1 Å². The predicted molar refractivity (Wildman–Crippen MR) is 58.7 cm³/mol. The molecule has 0 bridgehead atoms. The van der Waals surface area contributed by atoms with Gasteiger partial charge in [0, 0.05) is 6.04 Å². The van der Waals surface area contributed by atoms with E-state index in [0.29, 0.717) is 6.04 Å². The van der Waals surface area contributed by atoms with Crippen LogP contribution in [0.4, 0.5) is 0 Å². The number of nitrogens with zero attached hydrogens (tertiary/aromatic N) is 1. The van der Waals surface area contributed by atoms with Gasteiger partial charge in [0.2, 0.25) is 0 Å². The van der Waals surface area contributed by atoms with Gasteiger partial charge in [-0.15, -0.1) is 0 Å². The Hall–Kier alpha value is -0.570. The van der Waals surface area contributed by atoms with Gasteiger partial charge in [0.25, 0.3) is 0 Å². The third-order valence-corrected chi connectivity index (χ3v) is 4.00. The fourth-order valence-corrected chi connectivity index (χ4v) is 2.79. The summed E-state index contributed by atoms with van der Waals surface area (Å²) in [7, 11) is 2.07. The summed E-state index contributed by atoms with van der Waals surface area (Å²) in [5.41, 5.74) is 0. The summed E-state index contributed by atoms with van der Waals surface area (Å²) in [4.78, 5) is 13.0. The van der Waals surface area contributed by atoms with Gasteiger partial charge in [-0.1, -0.05) is 25.7 Å². The topological polar surface area (TPSA) is 40.5 Å². The summed E-state index contributed by atoms with van der Waals surface area (Å²) in [5.74, 6) is 0.209. The lowest BCUT2D eigenvalue weighted by Gasteiger charge is -2.18.